The Bertz CT molecular complexity index is 440. The van der Waals surface area contributed by atoms with Crippen LogP contribution < -0.4 is 24.8 Å². The topological polar surface area (TPSA) is 64.1 Å². The molecule has 0 aliphatic carbocycles. The number of nitrogens with one attached hydrogen (secondary N) is 2. The third-order valence-electron chi connectivity index (χ3n) is 2.85. The van der Waals surface area contributed by atoms with Crippen LogP contribution in [0.1, 0.15) is 20.3 Å². The molecule has 0 saturated heterocycles. The molecule has 0 aliphatic heterocycles. The van der Waals surface area contributed by atoms with Crippen molar-refractivity contribution in [3.8, 4) is 17.2 Å². The molecule has 0 bridgehead atoms. The molecule has 0 saturated carbocycles. The Morgan fingerprint density at radius 3 is 1.96 bits per heavy atom. The van der Waals surface area contributed by atoms with Gasteiger partial charge < -0.3 is 24.8 Å². The molecule has 0 unspecified atom stereocenters. The molecule has 0 radical (unpaired) electrons. The summed E-state index contributed by atoms with van der Waals surface area (Å²) in [4.78, 5) is 4.47. The zero-order valence-corrected chi connectivity index (χ0v) is 16.7. The Hall–Kier alpha value is -1.38. The van der Waals surface area contributed by atoms with Gasteiger partial charge in [-0.15, -0.1) is 24.0 Å². The lowest BCUT2D eigenvalue weighted by molar-refractivity contribution is 0.307. The first-order valence-corrected chi connectivity index (χ1v) is 7.61. The van der Waals surface area contributed by atoms with Gasteiger partial charge in [-0.2, -0.15) is 0 Å². The number of rotatable bonds is 9. The van der Waals surface area contributed by atoms with Crippen LogP contribution in [0.2, 0.25) is 0 Å². The van der Waals surface area contributed by atoms with Crippen LogP contribution in [0.4, 0.5) is 0 Å². The Kier molecular flexibility index (Phi) is 12.3. The van der Waals surface area contributed by atoms with Gasteiger partial charge in [-0.3, -0.25) is 4.99 Å². The maximum absolute atomic E-state index is 5.72. The van der Waals surface area contributed by atoms with E-state index in [0.29, 0.717) is 24.7 Å². The maximum atomic E-state index is 5.72. The van der Waals surface area contributed by atoms with E-state index in [0.717, 1.165) is 31.2 Å². The van der Waals surface area contributed by atoms with Crippen LogP contribution >= 0.6 is 24.0 Å². The smallest absolute Gasteiger partial charge is 0.191 e. The summed E-state index contributed by atoms with van der Waals surface area (Å²) in [6.45, 7) is 7.10. The average Bonchev–Trinajstić information content (AvgIpc) is 2.54. The molecule has 0 spiro atoms. The van der Waals surface area contributed by atoms with E-state index in [1.807, 2.05) is 32.0 Å². The van der Waals surface area contributed by atoms with E-state index < -0.39 is 0 Å². The molecule has 0 aromatic heterocycles. The predicted octanol–water partition coefficient (Wildman–Crippen LogP) is 2.67. The van der Waals surface area contributed by atoms with Gasteiger partial charge in [0.15, 0.2) is 5.96 Å². The summed E-state index contributed by atoms with van der Waals surface area (Å²) < 4.78 is 16.1. The van der Waals surface area contributed by atoms with E-state index in [9.17, 15) is 0 Å². The number of ether oxygens (including phenoxy) is 3. The van der Waals surface area contributed by atoms with E-state index in [-0.39, 0.29) is 24.0 Å². The minimum Gasteiger partial charge on any atom is -0.496 e. The van der Waals surface area contributed by atoms with Crippen molar-refractivity contribution in [1.82, 2.24) is 10.6 Å². The zero-order chi connectivity index (χ0) is 16.2. The molecule has 2 N–H and O–H groups in total. The molecular weight excluding hydrogens is 409 g/mol. The van der Waals surface area contributed by atoms with Gasteiger partial charge in [0.2, 0.25) is 0 Å². The standard InChI is InChI=1S/C16H27N3O3.HI/c1-5-17-16(18-6-2)19-8-7-9-22-15-11-13(20-3)10-14(12-15)21-4;/h10-12H,5-9H2,1-4H3,(H2,17,18,19);1H. The largest absolute Gasteiger partial charge is 0.496 e. The van der Waals surface area contributed by atoms with Gasteiger partial charge in [0, 0.05) is 44.3 Å². The van der Waals surface area contributed by atoms with Crippen LogP contribution in [-0.4, -0.2) is 46.4 Å². The number of methoxy groups -OCH3 is 2. The van der Waals surface area contributed by atoms with Crippen LogP contribution in [0.5, 0.6) is 17.2 Å². The van der Waals surface area contributed by atoms with Gasteiger partial charge >= 0.3 is 0 Å². The number of nitrogens with zero attached hydrogens (tertiary/aromatic N) is 1. The summed E-state index contributed by atoms with van der Waals surface area (Å²) >= 11 is 0. The van der Waals surface area contributed by atoms with Crippen molar-refractivity contribution in [3.05, 3.63) is 18.2 Å². The number of benzene rings is 1. The molecule has 0 atom stereocenters. The van der Waals surface area contributed by atoms with E-state index in [1.165, 1.54) is 0 Å². The predicted molar refractivity (Wildman–Crippen MR) is 105 cm³/mol. The molecule has 0 fully saturated rings. The minimum absolute atomic E-state index is 0. The maximum Gasteiger partial charge on any atom is 0.191 e. The minimum atomic E-state index is 0. The van der Waals surface area contributed by atoms with Crippen LogP contribution in [0.15, 0.2) is 23.2 Å². The number of aliphatic imine (C=N–C) groups is 1. The Balaban J connectivity index is 0.00000484. The van der Waals surface area contributed by atoms with Gasteiger partial charge in [0.05, 0.1) is 20.8 Å². The van der Waals surface area contributed by atoms with Crippen LogP contribution in [0.3, 0.4) is 0 Å². The summed E-state index contributed by atoms with van der Waals surface area (Å²) in [5, 5.41) is 6.37. The van der Waals surface area contributed by atoms with Gasteiger partial charge in [-0.1, -0.05) is 0 Å². The highest BCUT2D eigenvalue weighted by Crippen LogP contribution is 2.27. The Labute approximate surface area is 156 Å². The molecule has 7 heteroatoms. The molecule has 23 heavy (non-hydrogen) atoms. The first kappa shape index (κ1) is 21.6. The summed E-state index contributed by atoms with van der Waals surface area (Å²) in [5.41, 5.74) is 0. The lowest BCUT2D eigenvalue weighted by Gasteiger charge is -2.11. The van der Waals surface area contributed by atoms with Crippen molar-refractivity contribution in [3.63, 3.8) is 0 Å². The molecule has 1 rings (SSSR count). The zero-order valence-electron chi connectivity index (χ0n) is 14.3. The normalized spacial score (nSPS) is 9.39. The highest BCUT2D eigenvalue weighted by Gasteiger charge is 2.02. The van der Waals surface area contributed by atoms with Crippen molar-refractivity contribution in [2.24, 2.45) is 4.99 Å². The van der Waals surface area contributed by atoms with Gasteiger partial charge in [-0.25, -0.2) is 0 Å². The van der Waals surface area contributed by atoms with E-state index >= 15 is 0 Å². The molecule has 0 amide bonds. The highest BCUT2D eigenvalue weighted by atomic mass is 127. The molecule has 6 nitrogen and oxygen atoms in total. The molecule has 132 valence electrons. The number of halogens is 1. The second-order valence-electron chi connectivity index (χ2n) is 4.54. The number of hydrogen-bond acceptors (Lipinski definition) is 4. The van der Waals surface area contributed by atoms with Crippen LogP contribution in [0, 0.1) is 0 Å². The molecule has 0 aliphatic rings. The fourth-order valence-corrected chi connectivity index (χ4v) is 1.82. The molecule has 1 aromatic carbocycles. The Morgan fingerprint density at radius 2 is 1.48 bits per heavy atom. The monoisotopic (exact) mass is 437 g/mol. The quantitative estimate of drug-likeness (QED) is 0.269. The highest BCUT2D eigenvalue weighted by molar-refractivity contribution is 14.0. The summed E-state index contributed by atoms with van der Waals surface area (Å²) in [6.07, 6.45) is 0.833. The first-order valence-electron chi connectivity index (χ1n) is 7.61. The third-order valence-corrected chi connectivity index (χ3v) is 2.85. The second-order valence-corrected chi connectivity index (χ2v) is 4.54. The number of hydrogen-bond donors (Lipinski definition) is 2. The van der Waals surface area contributed by atoms with Gasteiger partial charge in [0.1, 0.15) is 17.2 Å². The molecular formula is C16H28IN3O3. The lowest BCUT2D eigenvalue weighted by Crippen LogP contribution is -2.37. The van der Waals surface area contributed by atoms with E-state index in [1.54, 1.807) is 14.2 Å². The Morgan fingerprint density at radius 1 is 0.957 bits per heavy atom. The fraction of sp³-hybridized carbons (Fsp3) is 0.562. The van der Waals surface area contributed by atoms with Crippen molar-refractivity contribution < 1.29 is 14.2 Å². The fourth-order valence-electron chi connectivity index (χ4n) is 1.82. The van der Waals surface area contributed by atoms with Crippen molar-refractivity contribution in [2.75, 3.05) is 40.5 Å². The van der Waals surface area contributed by atoms with Crippen LogP contribution in [-0.2, 0) is 0 Å². The van der Waals surface area contributed by atoms with Gasteiger partial charge in [0.25, 0.3) is 0 Å². The van der Waals surface area contributed by atoms with Gasteiger partial charge in [-0.05, 0) is 13.8 Å². The average molecular weight is 437 g/mol. The SMILES string of the molecule is CCNC(=NCCCOc1cc(OC)cc(OC)c1)NCC.I. The number of guanidine groups is 1. The summed E-state index contributed by atoms with van der Waals surface area (Å²) in [7, 11) is 3.24. The summed E-state index contributed by atoms with van der Waals surface area (Å²) in [6, 6.07) is 5.50. The van der Waals surface area contributed by atoms with Crippen molar-refractivity contribution >= 4 is 29.9 Å². The molecule has 1 aromatic rings. The van der Waals surface area contributed by atoms with E-state index in [2.05, 4.69) is 15.6 Å². The summed E-state index contributed by atoms with van der Waals surface area (Å²) in [5.74, 6) is 3.01. The second kappa shape index (κ2) is 13.1. The van der Waals surface area contributed by atoms with Crippen molar-refractivity contribution in [1.29, 1.82) is 0 Å². The third kappa shape index (κ3) is 8.73. The lowest BCUT2D eigenvalue weighted by atomic mass is 10.3. The van der Waals surface area contributed by atoms with E-state index in [4.69, 9.17) is 14.2 Å². The first-order chi connectivity index (χ1) is 10.7. The van der Waals surface area contributed by atoms with Crippen LogP contribution in [0.25, 0.3) is 0 Å². The molecule has 0 heterocycles. The van der Waals surface area contributed by atoms with Crippen molar-refractivity contribution in [2.45, 2.75) is 20.3 Å².